The third-order valence-corrected chi connectivity index (χ3v) is 4.22. The molecule has 116 valence electrons. The molecule has 0 unspecified atom stereocenters. The Morgan fingerprint density at radius 1 is 1.36 bits per heavy atom. The van der Waals surface area contributed by atoms with E-state index >= 15 is 0 Å². The number of amides is 1. The molecule has 4 heteroatoms. The van der Waals surface area contributed by atoms with Gasteiger partial charge in [-0.2, -0.15) is 0 Å². The van der Waals surface area contributed by atoms with Gasteiger partial charge in [0.2, 0.25) is 5.91 Å². The molecule has 1 amide bonds. The van der Waals surface area contributed by atoms with E-state index in [1.807, 2.05) is 23.2 Å². The number of nitrogens with zero attached hydrogens (tertiary/aromatic N) is 2. The molecule has 0 radical (unpaired) electrons. The molecule has 1 aromatic heterocycles. The quantitative estimate of drug-likeness (QED) is 0.940. The molecule has 1 aliphatic heterocycles. The summed E-state index contributed by atoms with van der Waals surface area (Å²) in [5, 5.41) is 0. The molecule has 22 heavy (non-hydrogen) atoms. The zero-order valence-corrected chi connectivity index (χ0v) is 13.5. The van der Waals surface area contributed by atoms with Gasteiger partial charge in [-0.05, 0) is 18.4 Å². The van der Waals surface area contributed by atoms with Gasteiger partial charge in [-0.25, -0.2) is 4.98 Å². The number of rotatable bonds is 4. The summed E-state index contributed by atoms with van der Waals surface area (Å²) in [5.41, 5.74) is 3.43. The zero-order valence-electron chi connectivity index (χ0n) is 13.5. The first-order chi connectivity index (χ1) is 10.5. The van der Waals surface area contributed by atoms with Gasteiger partial charge in [0.15, 0.2) is 0 Å². The molecular weight excluding hydrogens is 274 g/mol. The van der Waals surface area contributed by atoms with Gasteiger partial charge in [-0.15, -0.1) is 0 Å². The smallest absolute Gasteiger partial charge is 0.223 e. The van der Waals surface area contributed by atoms with E-state index in [-0.39, 0.29) is 11.8 Å². The van der Waals surface area contributed by atoms with Gasteiger partial charge in [0, 0.05) is 31.0 Å². The number of aromatic nitrogens is 2. The predicted molar refractivity (Wildman–Crippen MR) is 87.5 cm³/mol. The van der Waals surface area contributed by atoms with Crippen LogP contribution in [0.15, 0.2) is 30.5 Å². The van der Waals surface area contributed by atoms with Crippen LogP contribution in [-0.2, 0) is 4.79 Å². The molecule has 1 N–H and O–H groups in total. The van der Waals surface area contributed by atoms with Gasteiger partial charge < -0.3 is 9.88 Å². The first-order valence-corrected chi connectivity index (χ1v) is 7.93. The van der Waals surface area contributed by atoms with Gasteiger partial charge in [0.25, 0.3) is 0 Å². The van der Waals surface area contributed by atoms with Crippen molar-refractivity contribution in [2.75, 3.05) is 13.1 Å². The van der Waals surface area contributed by atoms with Crippen molar-refractivity contribution >= 4 is 5.91 Å². The molecule has 1 atom stereocenters. The lowest BCUT2D eigenvalue weighted by molar-refractivity contribution is -0.128. The Hall–Kier alpha value is -2.10. The van der Waals surface area contributed by atoms with Crippen LogP contribution < -0.4 is 0 Å². The van der Waals surface area contributed by atoms with E-state index in [0.717, 1.165) is 24.6 Å². The van der Waals surface area contributed by atoms with Gasteiger partial charge in [-0.1, -0.05) is 38.1 Å². The Morgan fingerprint density at radius 2 is 2.14 bits per heavy atom. The Kier molecular flexibility index (Phi) is 4.01. The molecule has 2 aromatic rings. The van der Waals surface area contributed by atoms with Crippen LogP contribution in [0.5, 0.6) is 0 Å². The largest absolute Gasteiger partial charge is 0.342 e. The predicted octanol–water partition coefficient (Wildman–Crippen LogP) is 3.36. The van der Waals surface area contributed by atoms with E-state index in [2.05, 4.69) is 42.9 Å². The number of likely N-dealkylation sites (tertiary alicyclic amines) is 1. The highest BCUT2D eigenvalue weighted by atomic mass is 16.2. The molecule has 1 aliphatic rings. The summed E-state index contributed by atoms with van der Waals surface area (Å²) in [6.07, 6.45) is 2.45. The Morgan fingerprint density at radius 3 is 2.86 bits per heavy atom. The van der Waals surface area contributed by atoms with Crippen molar-refractivity contribution in [1.82, 2.24) is 14.9 Å². The highest BCUT2D eigenvalue weighted by molar-refractivity contribution is 5.79. The molecule has 3 rings (SSSR count). The minimum absolute atomic E-state index is 0.184. The average molecular weight is 297 g/mol. The molecule has 0 spiro atoms. The molecule has 0 saturated carbocycles. The highest BCUT2D eigenvalue weighted by Crippen LogP contribution is 2.29. The van der Waals surface area contributed by atoms with E-state index in [1.54, 1.807) is 0 Å². The van der Waals surface area contributed by atoms with E-state index in [9.17, 15) is 4.79 Å². The maximum Gasteiger partial charge on any atom is 0.223 e. The summed E-state index contributed by atoms with van der Waals surface area (Å²) >= 11 is 0. The van der Waals surface area contributed by atoms with Crippen LogP contribution >= 0.6 is 0 Å². The topological polar surface area (TPSA) is 49.0 Å². The van der Waals surface area contributed by atoms with Crippen molar-refractivity contribution in [1.29, 1.82) is 0 Å². The minimum Gasteiger partial charge on any atom is -0.342 e. The molecule has 0 aliphatic carbocycles. The van der Waals surface area contributed by atoms with Gasteiger partial charge in [-0.3, -0.25) is 4.79 Å². The highest BCUT2D eigenvalue weighted by Gasteiger charge is 2.32. The second kappa shape index (κ2) is 5.95. The summed E-state index contributed by atoms with van der Waals surface area (Å²) in [6, 6.07) is 8.26. The zero-order chi connectivity index (χ0) is 15.7. The number of carbonyl (C=O) groups is 1. The summed E-state index contributed by atoms with van der Waals surface area (Å²) < 4.78 is 0. The minimum atomic E-state index is 0.184. The second-order valence-corrected chi connectivity index (χ2v) is 6.59. The fourth-order valence-electron chi connectivity index (χ4n) is 3.13. The lowest BCUT2D eigenvalue weighted by Gasteiger charge is -2.18. The Labute approximate surface area is 131 Å². The third-order valence-electron chi connectivity index (χ3n) is 4.22. The van der Waals surface area contributed by atoms with Gasteiger partial charge >= 0.3 is 0 Å². The number of imidazole rings is 1. The molecule has 0 bridgehead atoms. The van der Waals surface area contributed by atoms with Crippen molar-refractivity contribution in [2.45, 2.75) is 33.1 Å². The van der Waals surface area contributed by atoms with Crippen LogP contribution in [0.4, 0.5) is 0 Å². The van der Waals surface area contributed by atoms with Crippen LogP contribution in [0.25, 0.3) is 11.3 Å². The molecule has 1 fully saturated rings. The van der Waals surface area contributed by atoms with Crippen molar-refractivity contribution < 1.29 is 4.79 Å². The number of hydrogen-bond donors (Lipinski definition) is 1. The summed E-state index contributed by atoms with van der Waals surface area (Å²) in [4.78, 5) is 22.0. The van der Waals surface area contributed by atoms with Gasteiger partial charge in [0.05, 0.1) is 11.9 Å². The van der Waals surface area contributed by atoms with Crippen LogP contribution in [0.3, 0.4) is 0 Å². The molecule has 4 nitrogen and oxygen atoms in total. The van der Waals surface area contributed by atoms with Crippen LogP contribution in [0.1, 0.15) is 37.6 Å². The standard InChI is InChI=1S/C18H23N3O/c1-12(2)10-21-11-14(8-17(21)22)18-19-9-16(20-18)15-7-5-4-6-13(15)3/h4-7,9,12,14H,8,10-11H2,1-3H3,(H,19,20)/t14-/m1/s1. The summed E-state index contributed by atoms with van der Waals surface area (Å²) in [7, 11) is 0. The van der Waals surface area contributed by atoms with E-state index < -0.39 is 0 Å². The first-order valence-electron chi connectivity index (χ1n) is 7.93. The maximum absolute atomic E-state index is 12.1. The van der Waals surface area contributed by atoms with Crippen molar-refractivity contribution in [2.24, 2.45) is 5.92 Å². The third kappa shape index (κ3) is 2.91. The second-order valence-electron chi connectivity index (χ2n) is 6.59. The van der Waals surface area contributed by atoms with Crippen LogP contribution in [0, 0.1) is 12.8 Å². The van der Waals surface area contributed by atoms with Crippen molar-refractivity contribution in [3.05, 3.63) is 41.9 Å². The van der Waals surface area contributed by atoms with E-state index in [4.69, 9.17) is 0 Å². The number of hydrogen-bond acceptors (Lipinski definition) is 2. The first kappa shape index (κ1) is 14.8. The number of H-pyrrole nitrogens is 1. The summed E-state index contributed by atoms with van der Waals surface area (Å²) in [6.45, 7) is 7.99. The van der Waals surface area contributed by atoms with Crippen LogP contribution in [0.2, 0.25) is 0 Å². The van der Waals surface area contributed by atoms with Crippen molar-refractivity contribution in [3.8, 4) is 11.3 Å². The Balaban J connectivity index is 1.78. The Bertz CT molecular complexity index is 674. The normalized spacial score (nSPS) is 18.5. The van der Waals surface area contributed by atoms with E-state index in [0.29, 0.717) is 12.3 Å². The fourth-order valence-corrected chi connectivity index (χ4v) is 3.13. The molecular formula is C18H23N3O. The molecule has 2 heterocycles. The SMILES string of the molecule is Cc1ccccc1-c1cnc([C@@H]2CC(=O)N(CC(C)C)C2)[nH]1. The van der Waals surface area contributed by atoms with Gasteiger partial charge in [0.1, 0.15) is 5.82 Å². The molecule has 1 saturated heterocycles. The summed E-state index contributed by atoms with van der Waals surface area (Å²) in [5.74, 6) is 1.86. The molecule has 1 aromatic carbocycles. The lowest BCUT2D eigenvalue weighted by atomic mass is 10.1. The lowest BCUT2D eigenvalue weighted by Crippen LogP contribution is -2.29. The van der Waals surface area contributed by atoms with Crippen LogP contribution in [-0.4, -0.2) is 33.9 Å². The number of benzene rings is 1. The number of carbonyl (C=O) groups excluding carboxylic acids is 1. The number of nitrogens with one attached hydrogen (secondary N) is 1. The number of aryl methyl sites for hydroxylation is 1. The maximum atomic E-state index is 12.1. The van der Waals surface area contributed by atoms with Crippen molar-refractivity contribution in [3.63, 3.8) is 0 Å². The monoisotopic (exact) mass is 297 g/mol. The average Bonchev–Trinajstić information content (AvgIpc) is 3.07. The fraction of sp³-hybridized carbons (Fsp3) is 0.444. The van der Waals surface area contributed by atoms with E-state index in [1.165, 1.54) is 11.1 Å². The number of aromatic amines is 1.